The van der Waals surface area contributed by atoms with Gasteiger partial charge in [0.2, 0.25) is 11.8 Å². The van der Waals surface area contributed by atoms with Gasteiger partial charge in [0.1, 0.15) is 6.33 Å². The Morgan fingerprint density at radius 3 is 2.95 bits per heavy atom. The molecule has 0 saturated carbocycles. The third kappa shape index (κ3) is 1.93. The van der Waals surface area contributed by atoms with Crippen LogP contribution in [0.1, 0.15) is 11.1 Å². The molecule has 0 saturated heterocycles. The predicted molar refractivity (Wildman–Crippen MR) is 74.4 cm³/mol. The number of hydrogen-bond acceptors (Lipinski definition) is 6. The van der Waals surface area contributed by atoms with Crippen LogP contribution in [-0.2, 0) is 6.54 Å². The molecule has 3 aromatic rings. The van der Waals surface area contributed by atoms with Gasteiger partial charge in [0.05, 0.1) is 13.7 Å². The molecule has 0 aliphatic carbocycles. The number of aromatic nitrogens is 5. The lowest BCUT2D eigenvalue weighted by Gasteiger charge is -2.08. The summed E-state index contributed by atoms with van der Waals surface area (Å²) in [4.78, 5) is 16.6. The van der Waals surface area contributed by atoms with Crippen molar-refractivity contribution in [1.82, 2.24) is 24.5 Å². The van der Waals surface area contributed by atoms with Crippen LogP contribution >= 0.6 is 0 Å². The molecule has 0 atom stereocenters. The fourth-order valence-corrected chi connectivity index (χ4v) is 2.09. The van der Waals surface area contributed by atoms with Gasteiger partial charge < -0.3 is 10.5 Å². The number of nitrogens with zero attached hydrogens (tertiary/aromatic N) is 5. The molecule has 0 unspecified atom stereocenters. The van der Waals surface area contributed by atoms with Crippen LogP contribution in [0.25, 0.3) is 11.2 Å². The minimum absolute atomic E-state index is 0.384. The zero-order valence-electron chi connectivity index (χ0n) is 11.2. The SMILES string of the molecule is COc1ncnc2c1nc(N)n2Cc1ccncc1C. The van der Waals surface area contributed by atoms with Gasteiger partial charge in [0.15, 0.2) is 11.2 Å². The standard InChI is InChI=1S/C13H14N6O/c1-8-5-15-4-3-9(8)6-19-11-10(18-13(19)14)12(20-2)17-7-16-11/h3-5,7H,6H2,1-2H3,(H2,14,18). The van der Waals surface area contributed by atoms with Crippen LogP contribution in [0, 0.1) is 6.92 Å². The maximum Gasteiger partial charge on any atom is 0.245 e. The molecule has 20 heavy (non-hydrogen) atoms. The first-order valence-corrected chi connectivity index (χ1v) is 6.11. The second-order valence-corrected chi connectivity index (χ2v) is 4.41. The van der Waals surface area contributed by atoms with E-state index in [2.05, 4.69) is 19.9 Å². The molecule has 2 N–H and O–H groups in total. The Morgan fingerprint density at radius 2 is 2.20 bits per heavy atom. The molecule has 0 aliphatic rings. The maximum absolute atomic E-state index is 5.99. The largest absolute Gasteiger partial charge is 0.479 e. The summed E-state index contributed by atoms with van der Waals surface area (Å²) in [6, 6.07) is 1.96. The lowest BCUT2D eigenvalue weighted by atomic mass is 10.1. The van der Waals surface area contributed by atoms with Crippen LogP contribution in [0.2, 0.25) is 0 Å². The molecule has 0 fully saturated rings. The van der Waals surface area contributed by atoms with Gasteiger partial charge in [-0.3, -0.25) is 9.55 Å². The van der Waals surface area contributed by atoms with Gasteiger partial charge in [-0.1, -0.05) is 0 Å². The van der Waals surface area contributed by atoms with Crippen LogP contribution in [0.3, 0.4) is 0 Å². The number of hydrogen-bond donors (Lipinski definition) is 1. The van der Waals surface area contributed by atoms with E-state index in [0.717, 1.165) is 11.1 Å². The summed E-state index contributed by atoms with van der Waals surface area (Å²) >= 11 is 0. The van der Waals surface area contributed by atoms with E-state index in [4.69, 9.17) is 10.5 Å². The summed E-state index contributed by atoms with van der Waals surface area (Å²) < 4.78 is 7.01. The highest BCUT2D eigenvalue weighted by Crippen LogP contribution is 2.23. The minimum atomic E-state index is 0.384. The van der Waals surface area contributed by atoms with Crippen LogP contribution in [0.5, 0.6) is 5.88 Å². The number of methoxy groups -OCH3 is 1. The molecule has 3 aromatic heterocycles. The zero-order chi connectivity index (χ0) is 14.1. The van der Waals surface area contributed by atoms with E-state index in [1.165, 1.54) is 6.33 Å². The molecule has 0 radical (unpaired) electrons. The lowest BCUT2D eigenvalue weighted by molar-refractivity contribution is 0.401. The Morgan fingerprint density at radius 1 is 1.35 bits per heavy atom. The third-order valence-electron chi connectivity index (χ3n) is 3.19. The van der Waals surface area contributed by atoms with E-state index >= 15 is 0 Å². The topological polar surface area (TPSA) is 91.7 Å². The molecule has 0 amide bonds. The summed E-state index contributed by atoms with van der Waals surface area (Å²) in [7, 11) is 1.55. The van der Waals surface area contributed by atoms with Crippen molar-refractivity contribution in [1.29, 1.82) is 0 Å². The highest BCUT2D eigenvalue weighted by Gasteiger charge is 2.15. The van der Waals surface area contributed by atoms with Crippen molar-refractivity contribution in [3.8, 4) is 5.88 Å². The van der Waals surface area contributed by atoms with Crippen molar-refractivity contribution in [2.45, 2.75) is 13.5 Å². The zero-order valence-corrected chi connectivity index (χ0v) is 11.2. The van der Waals surface area contributed by atoms with Gasteiger partial charge in [0, 0.05) is 12.4 Å². The number of aryl methyl sites for hydroxylation is 1. The van der Waals surface area contributed by atoms with Gasteiger partial charge in [-0.2, -0.15) is 4.98 Å². The minimum Gasteiger partial charge on any atom is -0.479 e. The van der Waals surface area contributed by atoms with Gasteiger partial charge in [0.25, 0.3) is 0 Å². The lowest BCUT2D eigenvalue weighted by Crippen LogP contribution is -2.06. The molecule has 3 heterocycles. The summed E-state index contributed by atoms with van der Waals surface area (Å²) in [5.74, 6) is 0.807. The maximum atomic E-state index is 5.99. The van der Waals surface area contributed by atoms with Crippen LogP contribution in [0.15, 0.2) is 24.8 Å². The number of rotatable bonds is 3. The molecule has 0 aromatic carbocycles. The van der Waals surface area contributed by atoms with Crippen molar-refractivity contribution < 1.29 is 4.74 Å². The Kier molecular flexibility index (Phi) is 2.94. The normalized spacial score (nSPS) is 10.9. The van der Waals surface area contributed by atoms with Crippen molar-refractivity contribution >= 4 is 17.1 Å². The Labute approximate surface area is 115 Å². The van der Waals surface area contributed by atoms with E-state index in [1.54, 1.807) is 13.3 Å². The van der Waals surface area contributed by atoms with E-state index in [-0.39, 0.29) is 0 Å². The predicted octanol–water partition coefficient (Wildman–Crippen LogP) is 1.17. The molecule has 0 spiro atoms. The van der Waals surface area contributed by atoms with Gasteiger partial charge in [-0.25, -0.2) is 9.97 Å². The van der Waals surface area contributed by atoms with Gasteiger partial charge in [-0.05, 0) is 24.1 Å². The first-order chi connectivity index (χ1) is 9.70. The number of fused-ring (bicyclic) bond motifs is 1. The van der Waals surface area contributed by atoms with E-state index in [9.17, 15) is 0 Å². The Balaban J connectivity index is 2.13. The number of ether oxygens (including phenoxy) is 1. The molecule has 0 aliphatic heterocycles. The first kappa shape index (κ1) is 12.3. The highest BCUT2D eigenvalue weighted by molar-refractivity contribution is 5.79. The number of nitrogen functional groups attached to an aromatic ring is 1. The molecule has 0 bridgehead atoms. The fourth-order valence-electron chi connectivity index (χ4n) is 2.09. The molecule has 102 valence electrons. The Hall–Kier alpha value is -2.70. The van der Waals surface area contributed by atoms with E-state index in [0.29, 0.717) is 29.5 Å². The molecular formula is C13H14N6O. The van der Waals surface area contributed by atoms with Crippen molar-refractivity contribution in [2.75, 3.05) is 12.8 Å². The Bertz CT molecular complexity index is 767. The van der Waals surface area contributed by atoms with Gasteiger partial charge >= 0.3 is 0 Å². The average molecular weight is 270 g/mol. The number of anilines is 1. The summed E-state index contributed by atoms with van der Waals surface area (Å²) in [5.41, 5.74) is 9.42. The van der Waals surface area contributed by atoms with Crippen LogP contribution in [0.4, 0.5) is 5.95 Å². The first-order valence-electron chi connectivity index (χ1n) is 6.11. The second-order valence-electron chi connectivity index (χ2n) is 4.41. The fraction of sp³-hybridized carbons (Fsp3) is 0.231. The molecule has 3 rings (SSSR count). The van der Waals surface area contributed by atoms with Crippen LogP contribution < -0.4 is 10.5 Å². The second kappa shape index (κ2) is 4.76. The summed E-state index contributed by atoms with van der Waals surface area (Å²) in [5, 5.41) is 0. The molecular weight excluding hydrogens is 256 g/mol. The average Bonchev–Trinajstić information content (AvgIpc) is 2.77. The third-order valence-corrected chi connectivity index (χ3v) is 3.19. The quantitative estimate of drug-likeness (QED) is 0.768. The monoisotopic (exact) mass is 270 g/mol. The van der Waals surface area contributed by atoms with Gasteiger partial charge in [-0.15, -0.1) is 0 Å². The summed E-state index contributed by atoms with van der Waals surface area (Å²) in [6.07, 6.45) is 5.02. The molecule has 7 nitrogen and oxygen atoms in total. The van der Waals surface area contributed by atoms with Crippen LogP contribution in [-0.4, -0.2) is 31.6 Å². The smallest absolute Gasteiger partial charge is 0.245 e. The van der Waals surface area contributed by atoms with Crippen molar-refractivity contribution in [2.24, 2.45) is 0 Å². The highest BCUT2D eigenvalue weighted by atomic mass is 16.5. The number of nitrogens with two attached hydrogens (primary N) is 1. The van der Waals surface area contributed by atoms with E-state index < -0.39 is 0 Å². The molecule has 7 heteroatoms. The summed E-state index contributed by atoms with van der Waals surface area (Å²) in [6.45, 7) is 2.59. The van der Waals surface area contributed by atoms with E-state index in [1.807, 2.05) is 23.8 Å². The van der Waals surface area contributed by atoms with Crippen molar-refractivity contribution in [3.05, 3.63) is 35.9 Å². The number of imidazole rings is 1. The van der Waals surface area contributed by atoms with Crippen molar-refractivity contribution in [3.63, 3.8) is 0 Å². The number of pyridine rings is 1.